The van der Waals surface area contributed by atoms with E-state index in [4.69, 9.17) is 0 Å². The van der Waals surface area contributed by atoms with Crippen molar-refractivity contribution >= 4 is 12.2 Å². The molecule has 2 rings (SSSR count). The van der Waals surface area contributed by atoms with Crippen LogP contribution < -0.4 is 5.32 Å². The Hall–Kier alpha value is -2.62. The van der Waals surface area contributed by atoms with Gasteiger partial charge in [-0.15, -0.1) is 0 Å². The third kappa shape index (κ3) is 3.68. The number of benzene rings is 2. The predicted molar refractivity (Wildman–Crippen MR) is 75.6 cm³/mol. The molecule has 20 heavy (non-hydrogen) atoms. The van der Waals surface area contributed by atoms with Crippen LogP contribution in [0.2, 0.25) is 0 Å². The van der Waals surface area contributed by atoms with Crippen LogP contribution in [0, 0.1) is 0 Å². The second kappa shape index (κ2) is 6.52. The summed E-state index contributed by atoms with van der Waals surface area (Å²) in [5.41, 5.74) is 1.39. The summed E-state index contributed by atoms with van der Waals surface area (Å²) in [7, 11) is 0. The van der Waals surface area contributed by atoms with Gasteiger partial charge in [-0.2, -0.15) is 0 Å². The molecule has 2 aromatic rings. The minimum Gasteiger partial charge on any atom is -0.508 e. The monoisotopic (exact) mass is 269 g/mol. The van der Waals surface area contributed by atoms with E-state index in [0.717, 1.165) is 5.56 Å². The van der Waals surface area contributed by atoms with Gasteiger partial charge in [0, 0.05) is 5.56 Å². The maximum Gasteiger partial charge on any atom is 0.251 e. The summed E-state index contributed by atoms with van der Waals surface area (Å²) in [6.45, 7) is 0. The molecule has 0 heterocycles. The summed E-state index contributed by atoms with van der Waals surface area (Å²) in [5.74, 6) is -0.105. The van der Waals surface area contributed by atoms with Gasteiger partial charge in [0.25, 0.3) is 5.91 Å². The van der Waals surface area contributed by atoms with Gasteiger partial charge in [-0.1, -0.05) is 30.3 Å². The first kappa shape index (κ1) is 13.8. The quantitative estimate of drug-likeness (QED) is 0.815. The summed E-state index contributed by atoms with van der Waals surface area (Å²) in [6, 6.07) is 14.7. The number of phenols is 1. The number of carbonyl (C=O) groups excluding carboxylic acids is 2. The standard InChI is InChI=1S/C16H15NO3/c18-11-14(10-12-6-8-15(19)9-7-12)17-16(20)13-4-2-1-3-5-13/h1-9,11,14,19H,10H2,(H,17,20). The van der Waals surface area contributed by atoms with Gasteiger partial charge in [-0.25, -0.2) is 0 Å². The number of aromatic hydroxyl groups is 1. The zero-order valence-electron chi connectivity index (χ0n) is 10.8. The number of hydrogen-bond acceptors (Lipinski definition) is 3. The van der Waals surface area contributed by atoms with E-state index in [1.807, 2.05) is 6.07 Å². The first-order chi connectivity index (χ1) is 9.69. The molecular weight excluding hydrogens is 254 g/mol. The van der Waals surface area contributed by atoms with Crippen LogP contribution in [0.4, 0.5) is 0 Å². The summed E-state index contributed by atoms with van der Waals surface area (Å²) in [6.07, 6.45) is 1.11. The van der Waals surface area contributed by atoms with E-state index in [0.29, 0.717) is 18.3 Å². The lowest BCUT2D eigenvalue weighted by Gasteiger charge is -2.13. The lowest BCUT2D eigenvalue weighted by atomic mass is 10.1. The highest BCUT2D eigenvalue weighted by Crippen LogP contribution is 2.11. The first-order valence-electron chi connectivity index (χ1n) is 6.28. The van der Waals surface area contributed by atoms with Crippen LogP contribution in [-0.2, 0) is 11.2 Å². The molecule has 1 unspecified atom stereocenters. The van der Waals surface area contributed by atoms with Gasteiger partial charge in [0.1, 0.15) is 12.0 Å². The SMILES string of the molecule is O=CC(Cc1ccc(O)cc1)NC(=O)c1ccccc1. The van der Waals surface area contributed by atoms with Gasteiger partial charge < -0.3 is 15.2 Å². The van der Waals surface area contributed by atoms with Gasteiger partial charge in [0.05, 0.1) is 6.04 Å². The molecule has 0 aliphatic heterocycles. The second-order valence-electron chi connectivity index (χ2n) is 4.45. The number of phenolic OH excluding ortho intramolecular Hbond substituents is 1. The molecule has 0 spiro atoms. The van der Waals surface area contributed by atoms with Crippen LogP contribution in [0.25, 0.3) is 0 Å². The largest absolute Gasteiger partial charge is 0.508 e. The third-order valence-corrected chi connectivity index (χ3v) is 2.91. The molecule has 102 valence electrons. The molecule has 4 heteroatoms. The van der Waals surface area contributed by atoms with Crippen molar-refractivity contribution in [1.29, 1.82) is 0 Å². The van der Waals surface area contributed by atoms with Crippen LogP contribution >= 0.6 is 0 Å². The average Bonchev–Trinajstić information content (AvgIpc) is 2.49. The number of hydrogen-bond donors (Lipinski definition) is 2. The smallest absolute Gasteiger partial charge is 0.251 e. The molecule has 0 saturated carbocycles. The molecule has 1 atom stereocenters. The molecule has 0 aliphatic carbocycles. The maximum atomic E-state index is 11.9. The molecule has 0 aliphatic rings. The lowest BCUT2D eigenvalue weighted by Crippen LogP contribution is -2.37. The Morgan fingerprint density at radius 3 is 2.35 bits per heavy atom. The number of nitrogens with one attached hydrogen (secondary N) is 1. The molecular formula is C16H15NO3. The molecule has 2 N–H and O–H groups in total. The van der Waals surface area contributed by atoms with Gasteiger partial charge in [0.2, 0.25) is 0 Å². The predicted octanol–water partition coefficient (Wildman–Crippen LogP) is 1.93. The summed E-state index contributed by atoms with van der Waals surface area (Å²) >= 11 is 0. The highest BCUT2D eigenvalue weighted by Gasteiger charge is 2.13. The topological polar surface area (TPSA) is 66.4 Å². The number of amides is 1. The van der Waals surface area contributed by atoms with Gasteiger partial charge in [-0.3, -0.25) is 4.79 Å². The Morgan fingerprint density at radius 2 is 1.75 bits per heavy atom. The van der Waals surface area contributed by atoms with E-state index in [-0.39, 0.29) is 11.7 Å². The Balaban J connectivity index is 2.00. The summed E-state index contributed by atoms with van der Waals surface area (Å²) in [4.78, 5) is 23.0. The molecule has 0 aromatic heterocycles. The second-order valence-corrected chi connectivity index (χ2v) is 4.45. The minimum absolute atomic E-state index is 0.171. The van der Waals surface area contributed by atoms with Crippen LogP contribution in [0.5, 0.6) is 5.75 Å². The van der Waals surface area contributed by atoms with Crippen LogP contribution in [0.3, 0.4) is 0 Å². The van der Waals surface area contributed by atoms with Crippen molar-refractivity contribution in [2.24, 2.45) is 0 Å². The highest BCUT2D eigenvalue weighted by atomic mass is 16.3. The molecule has 1 amide bonds. The van der Waals surface area contributed by atoms with Crippen molar-refractivity contribution in [1.82, 2.24) is 5.32 Å². The van der Waals surface area contributed by atoms with Crippen molar-refractivity contribution in [3.8, 4) is 5.75 Å². The first-order valence-corrected chi connectivity index (χ1v) is 6.28. The van der Waals surface area contributed by atoms with E-state index in [9.17, 15) is 14.7 Å². The normalized spacial score (nSPS) is 11.6. The number of carbonyl (C=O) groups is 2. The fourth-order valence-corrected chi connectivity index (χ4v) is 1.86. The van der Waals surface area contributed by atoms with Crippen LogP contribution in [-0.4, -0.2) is 23.3 Å². The van der Waals surface area contributed by atoms with E-state index in [2.05, 4.69) is 5.32 Å². The maximum absolute atomic E-state index is 11.9. The zero-order valence-corrected chi connectivity index (χ0v) is 10.8. The Bertz CT molecular complexity index is 578. The van der Waals surface area contributed by atoms with E-state index >= 15 is 0 Å². The van der Waals surface area contributed by atoms with Gasteiger partial charge in [0.15, 0.2) is 0 Å². The van der Waals surface area contributed by atoms with Crippen molar-refractivity contribution in [3.63, 3.8) is 0 Å². The Kier molecular flexibility index (Phi) is 4.50. The zero-order chi connectivity index (χ0) is 14.4. The Labute approximate surface area is 117 Å². The Morgan fingerprint density at radius 1 is 1.10 bits per heavy atom. The molecule has 0 bridgehead atoms. The third-order valence-electron chi connectivity index (χ3n) is 2.91. The van der Waals surface area contributed by atoms with E-state index < -0.39 is 6.04 Å². The van der Waals surface area contributed by atoms with Gasteiger partial charge >= 0.3 is 0 Å². The molecule has 0 saturated heterocycles. The highest BCUT2D eigenvalue weighted by molar-refractivity contribution is 5.95. The molecule has 2 aromatic carbocycles. The average molecular weight is 269 g/mol. The van der Waals surface area contributed by atoms with Crippen molar-refractivity contribution < 1.29 is 14.7 Å². The van der Waals surface area contributed by atoms with Gasteiger partial charge in [-0.05, 0) is 36.2 Å². The lowest BCUT2D eigenvalue weighted by molar-refractivity contribution is -0.109. The summed E-state index contributed by atoms with van der Waals surface area (Å²) < 4.78 is 0. The van der Waals surface area contributed by atoms with Crippen LogP contribution in [0.1, 0.15) is 15.9 Å². The van der Waals surface area contributed by atoms with Crippen LogP contribution in [0.15, 0.2) is 54.6 Å². The molecule has 4 nitrogen and oxygen atoms in total. The van der Waals surface area contributed by atoms with Crippen molar-refractivity contribution in [2.45, 2.75) is 12.5 Å². The summed E-state index contributed by atoms with van der Waals surface area (Å²) in [5, 5.41) is 11.9. The number of aldehydes is 1. The van der Waals surface area contributed by atoms with Crippen molar-refractivity contribution in [3.05, 3.63) is 65.7 Å². The minimum atomic E-state index is -0.591. The fourth-order valence-electron chi connectivity index (χ4n) is 1.86. The molecule has 0 fully saturated rings. The van der Waals surface area contributed by atoms with Crippen molar-refractivity contribution in [2.75, 3.05) is 0 Å². The van der Waals surface area contributed by atoms with E-state index in [1.54, 1.807) is 48.5 Å². The fraction of sp³-hybridized carbons (Fsp3) is 0.125. The molecule has 0 radical (unpaired) electrons. The van der Waals surface area contributed by atoms with E-state index in [1.165, 1.54) is 0 Å². The number of rotatable bonds is 5.